The zero-order valence-corrected chi connectivity index (χ0v) is 10.2. The van der Waals surface area contributed by atoms with E-state index in [4.69, 9.17) is 10.6 Å². The van der Waals surface area contributed by atoms with Crippen molar-refractivity contribution in [1.82, 2.24) is 9.97 Å². The summed E-state index contributed by atoms with van der Waals surface area (Å²) >= 11 is 0. The first kappa shape index (κ1) is 13.8. The van der Waals surface area contributed by atoms with Gasteiger partial charge in [-0.3, -0.25) is 5.43 Å². The van der Waals surface area contributed by atoms with Crippen LogP contribution in [0.4, 0.5) is 24.9 Å². The zero-order chi connectivity index (χ0) is 14.0. The van der Waals surface area contributed by atoms with E-state index in [9.17, 15) is 13.2 Å². The monoisotopic (exact) mass is 277 g/mol. The molecule has 4 N–H and O–H groups in total. The summed E-state index contributed by atoms with van der Waals surface area (Å²) in [5.41, 5.74) is 0.981. The predicted molar refractivity (Wildman–Crippen MR) is 62.3 cm³/mol. The van der Waals surface area contributed by atoms with Gasteiger partial charge in [0.15, 0.2) is 5.69 Å². The lowest BCUT2D eigenvalue weighted by molar-refractivity contribution is -0.141. The molecule has 1 aliphatic carbocycles. The molecule has 1 saturated carbocycles. The van der Waals surface area contributed by atoms with E-state index < -0.39 is 11.9 Å². The Bertz CT molecular complexity index is 447. The molecule has 1 fully saturated rings. The van der Waals surface area contributed by atoms with Crippen LogP contribution in [0.5, 0.6) is 0 Å². The number of nitrogens with one attached hydrogen (secondary N) is 2. The number of methoxy groups -OCH3 is 1. The molecule has 106 valence electrons. The summed E-state index contributed by atoms with van der Waals surface area (Å²) in [5, 5.41) is 2.90. The summed E-state index contributed by atoms with van der Waals surface area (Å²) < 4.78 is 43.0. The number of hydrogen-bond acceptors (Lipinski definition) is 6. The molecule has 0 amide bonds. The molecule has 0 aromatic carbocycles. The fraction of sp³-hybridized carbons (Fsp3) is 0.600. The molecule has 0 atom stereocenters. The van der Waals surface area contributed by atoms with Gasteiger partial charge in [-0.05, 0) is 12.8 Å². The molecule has 9 heteroatoms. The Balaban J connectivity index is 2.12. The predicted octanol–water partition coefficient (Wildman–Crippen LogP) is 1.37. The molecule has 0 bridgehead atoms. The van der Waals surface area contributed by atoms with Crippen molar-refractivity contribution >= 4 is 11.8 Å². The largest absolute Gasteiger partial charge is 0.433 e. The highest BCUT2D eigenvalue weighted by Gasteiger charge is 2.35. The average Bonchev–Trinajstić information content (AvgIpc) is 2.31. The zero-order valence-electron chi connectivity index (χ0n) is 10.2. The molecule has 6 nitrogen and oxygen atoms in total. The van der Waals surface area contributed by atoms with Crippen LogP contribution in [0.1, 0.15) is 18.5 Å². The smallest absolute Gasteiger partial charge is 0.381 e. The van der Waals surface area contributed by atoms with Crippen LogP contribution in [0, 0.1) is 0 Å². The summed E-state index contributed by atoms with van der Waals surface area (Å²) in [4.78, 5) is 7.11. The van der Waals surface area contributed by atoms with Crippen LogP contribution >= 0.6 is 0 Å². The molecule has 1 aromatic heterocycles. The first-order valence-electron chi connectivity index (χ1n) is 5.64. The molecule has 19 heavy (non-hydrogen) atoms. The maximum atomic E-state index is 12.6. The van der Waals surface area contributed by atoms with Crippen molar-refractivity contribution in [2.75, 3.05) is 17.9 Å². The van der Waals surface area contributed by atoms with E-state index in [0.29, 0.717) is 0 Å². The second kappa shape index (κ2) is 5.17. The van der Waals surface area contributed by atoms with Crippen LogP contribution in [-0.2, 0) is 10.9 Å². The molecule has 0 unspecified atom stereocenters. The van der Waals surface area contributed by atoms with Crippen LogP contribution in [-0.4, -0.2) is 29.2 Å². The third kappa shape index (κ3) is 3.24. The molecule has 1 heterocycles. The number of aromatic nitrogens is 2. The van der Waals surface area contributed by atoms with E-state index in [2.05, 4.69) is 15.3 Å². The molecule has 1 aromatic rings. The maximum Gasteiger partial charge on any atom is 0.433 e. The van der Waals surface area contributed by atoms with Gasteiger partial charge >= 0.3 is 6.18 Å². The second-order valence-corrected chi connectivity index (χ2v) is 4.27. The van der Waals surface area contributed by atoms with Gasteiger partial charge in [-0.25, -0.2) is 10.8 Å². The molecule has 0 radical (unpaired) electrons. The Morgan fingerprint density at radius 2 is 2.05 bits per heavy atom. The van der Waals surface area contributed by atoms with E-state index in [1.54, 1.807) is 7.11 Å². The van der Waals surface area contributed by atoms with E-state index in [1.165, 1.54) is 0 Å². The number of halogens is 3. The molecule has 0 spiro atoms. The summed E-state index contributed by atoms with van der Waals surface area (Å²) in [5.74, 6) is 4.88. The first-order valence-corrected chi connectivity index (χ1v) is 5.64. The highest BCUT2D eigenvalue weighted by atomic mass is 19.4. The number of nitrogens with two attached hydrogens (primary N) is 1. The number of rotatable bonds is 4. The lowest BCUT2D eigenvalue weighted by atomic mass is 9.89. The molecular weight excluding hydrogens is 263 g/mol. The third-order valence-corrected chi connectivity index (χ3v) is 2.93. The van der Waals surface area contributed by atoms with Crippen molar-refractivity contribution in [3.63, 3.8) is 0 Å². The highest BCUT2D eigenvalue weighted by molar-refractivity contribution is 5.43. The van der Waals surface area contributed by atoms with Gasteiger partial charge in [0.05, 0.1) is 6.10 Å². The van der Waals surface area contributed by atoms with Crippen molar-refractivity contribution in [1.29, 1.82) is 0 Å². The van der Waals surface area contributed by atoms with Gasteiger partial charge in [-0.15, -0.1) is 0 Å². The normalized spacial score (nSPS) is 22.8. The van der Waals surface area contributed by atoms with Crippen molar-refractivity contribution in [3.05, 3.63) is 11.8 Å². The SMILES string of the molecule is COC1CC(Nc2cc(C(F)(F)F)nc(NN)n2)C1. The fourth-order valence-electron chi connectivity index (χ4n) is 1.82. The van der Waals surface area contributed by atoms with Crippen LogP contribution in [0.25, 0.3) is 0 Å². The molecule has 1 aliphatic rings. The average molecular weight is 277 g/mol. The van der Waals surface area contributed by atoms with Gasteiger partial charge in [-0.1, -0.05) is 0 Å². The molecule has 2 rings (SSSR count). The lowest BCUT2D eigenvalue weighted by Crippen LogP contribution is -2.40. The Morgan fingerprint density at radius 1 is 1.37 bits per heavy atom. The Hall–Kier alpha value is -1.61. The Labute approximate surface area is 107 Å². The van der Waals surface area contributed by atoms with Gasteiger partial charge in [0.2, 0.25) is 5.95 Å². The number of ether oxygens (including phenoxy) is 1. The highest BCUT2D eigenvalue weighted by Crippen LogP contribution is 2.31. The van der Waals surface area contributed by atoms with Gasteiger partial charge < -0.3 is 10.1 Å². The molecular formula is C10H14F3N5O. The second-order valence-electron chi connectivity index (χ2n) is 4.27. The van der Waals surface area contributed by atoms with Crippen LogP contribution in [0.2, 0.25) is 0 Å². The van der Waals surface area contributed by atoms with Crippen molar-refractivity contribution in [2.45, 2.75) is 31.2 Å². The van der Waals surface area contributed by atoms with Gasteiger partial charge in [-0.2, -0.15) is 18.2 Å². The lowest BCUT2D eigenvalue weighted by Gasteiger charge is -2.35. The number of nitrogens with zero attached hydrogens (tertiary/aromatic N) is 2. The van der Waals surface area contributed by atoms with Crippen LogP contribution in [0.3, 0.4) is 0 Å². The van der Waals surface area contributed by atoms with Crippen LogP contribution < -0.4 is 16.6 Å². The topological polar surface area (TPSA) is 85.1 Å². The van der Waals surface area contributed by atoms with Gasteiger partial charge in [0.1, 0.15) is 5.82 Å². The minimum absolute atomic E-state index is 0.0477. The van der Waals surface area contributed by atoms with E-state index in [0.717, 1.165) is 18.9 Å². The Kier molecular flexibility index (Phi) is 3.76. The first-order chi connectivity index (χ1) is 8.92. The number of nitrogen functional groups attached to an aromatic ring is 1. The number of hydrogen-bond donors (Lipinski definition) is 3. The quantitative estimate of drug-likeness (QED) is 0.569. The molecule has 0 saturated heterocycles. The summed E-state index contributed by atoms with van der Waals surface area (Å²) in [6.07, 6.45) is -2.94. The van der Waals surface area contributed by atoms with E-state index in [1.807, 2.05) is 5.43 Å². The molecule has 0 aliphatic heterocycles. The van der Waals surface area contributed by atoms with Crippen molar-refractivity contribution in [2.24, 2.45) is 5.84 Å². The summed E-state index contributed by atoms with van der Waals surface area (Å²) in [6, 6.07) is 0.910. The minimum atomic E-state index is -4.54. The van der Waals surface area contributed by atoms with Crippen molar-refractivity contribution < 1.29 is 17.9 Å². The summed E-state index contributed by atoms with van der Waals surface area (Å²) in [7, 11) is 1.60. The van der Waals surface area contributed by atoms with Crippen LogP contribution in [0.15, 0.2) is 6.07 Å². The third-order valence-electron chi connectivity index (χ3n) is 2.93. The summed E-state index contributed by atoms with van der Waals surface area (Å²) in [6.45, 7) is 0. The van der Waals surface area contributed by atoms with Crippen molar-refractivity contribution in [3.8, 4) is 0 Å². The number of anilines is 2. The van der Waals surface area contributed by atoms with Gasteiger partial charge in [0, 0.05) is 19.2 Å². The maximum absolute atomic E-state index is 12.6. The standard InChI is InChI=1S/C10H14F3N5O/c1-19-6-2-5(3-6)15-8-4-7(10(11,12)13)16-9(17-8)18-14/h4-6H,2-3,14H2,1H3,(H2,15,16,17,18). The Morgan fingerprint density at radius 3 is 2.58 bits per heavy atom. The van der Waals surface area contributed by atoms with Gasteiger partial charge in [0.25, 0.3) is 0 Å². The minimum Gasteiger partial charge on any atom is -0.381 e. The number of hydrazine groups is 1. The van der Waals surface area contributed by atoms with E-state index in [-0.39, 0.29) is 23.9 Å². The fourth-order valence-corrected chi connectivity index (χ4v) is 1.82. The number of alkyl halides is 3. The van der Waals surface area contributed by atoms with E-state index >= 15 is 0 Å².